The van der Waals surface area contributed by atoms with Gasteiger partial charge >= 0.3 is 0 Å². The third kappa shape index (κ3) is 7.41. The lowest BCUT2D eigenvalue weighted by Crippen LogP contribution is -2.22. The Morgan fingerprint density at radius 2 is 2.00 bits per heavy atom. The Balaban J connectivity index is 2.01. The molecule has 2 nitrogen and oxygen atoms in total. The van der Waals surface area contributed by atoms with E-state index in [-0.39, 0.29) is 0 Å². The Morgan fingerprint density at radius 1 is 1.26 bits per heavy atom. The monoisotopic (exact) mass is 443 g/mol. The van der Waals surface area contributed by atoms with Crippen molar-refractivity contribution in [3.8, 4) is 0 Å². The zero-order chi connectivity index (χ0) is 19.6. The fourth-order valence-electron chi connectivity index (χ4n) is 2.53. The number of thioether (sulfide) groups is 1. The van der Waals surface area contributed by atoms with Gasteiger partial charge in [0.2, 0.25) is 0 Å². The van der Waals surface area contributed by atoms with Crippen LogP contribution in [0.15, 0.2) is 82.7 Å². The fourth-order valence-corrected chi connectivity index (χ4v) is 3.92. The number of aliphatic hydroxyl groups excluding tert-OH is 1. The van der Waals surface area contributed by atoms with Gasteiger partial charge in [-0.25, -0.2) is 0 Å². The fraction of sp³-hybridized carbons (Fsp3) is 0.217. The number of aliphatic hydroxyl groups is 1. The van der Waals surface area contributed by atoms with Crippen LogP contribution in [-0.4, -0.2) is 23.5 Å². The van der Waals surface area contributed by atoms with Crippen molar-refractivity contribution in [3.63, 3.8) is 0 Å². The van der Waals surface area contributed by atoms with Crippen molar-refractivity contribution < 1.29 is 5.11 Å². The molecule has 1 atom stereocenters. The summed E-state index contributed by atoms with van der Waals surface area (Å²) in [5, 5.41) is 13.7. The lowest BCUT2D eigenvalue weighted by molar-refractivity contribution is 0.213. The molecule has 0 bridgehead atoms. The highest BCUT2D eigenvalue weighted by Crippen LogP contribution is 2.27. The molecule has 0 aliphatic heterocycles. The van der Waals surface area contributed by atoms with E-state index in [1.165, 1.54) is 10.5 Å². The highest BCUT2D eigenvalue weighted by atomic mass is 79.9. The summed E-state index contributed by atoms with van der Waals surface area (Å²) in [5.41, 5.74) is 4.11. The van der Waals surface area contributed by atoms with E-state index in [0.29, 0.717) is 12.3 Å². The quantitative estimate of drug-likeness (QED) is 0.345. The number of rotatable bonds is 9. The Labute approximate surface area is 175 Å². The summed E-state index contributed by atoms with van der Waals surface area (Å²) in [7, 11) is 0. The van der Waals surface area contributed by atoms with E-state index >= 15 is 0 Å². The Morgan fingerprint density at radius 3 is 2.70 bits per heavy atom. The molecule has 0 aromatic heterocycles. The van der Waals surface area contributed by atoms with Gasteiger partial charge in [0, 0.05) is 32.9 Å². The summed E-state index contributed by atoms with van der Waals surface area (Å²) in [6.07, 6.45) is 5.52. The summed E-state index contributed by atoms with van der Waals surface area (Å²) in [6.45, 7) is 8.74. The van der Waals surface area contributed by atoms with E-state index in [4.69, 9.17) is 0 Å². The van der Waals surface area contributed by atoms with Crippen molar-refractivity contribution in [1.82, 2.24) is 0 Å². The van der Waals surface area contributed by atoms with E-state index in [1.54, 1.807) is 11.8 Å². The first-order valence-corrected chi connectivity index (χ1v) is 10.7. The molecule has 1 unspecified atom stereocenters. The molecule has 27 heavy (non-hydrogen) atoms. The highest BCUT2D eigenvalue weighted by molar-refractivity contribution is 9.11. The maximum Gasteiger partial charge on any atom is 0.0806 e. The summed E-state index contributed by atoms with van der Waals surface area (Å²) < 4.78 is 0.974. The Kier molecular flexibility index (Phi) is 8.92. The molecule has 2 aromatic carbocycles. The van der Waals surface area contributed by atoms with Crippen LogP contribution in [0.5, 0.6) is 0 Å². The SMILES string of the molecule is C=C(/C=C(Br)\C=C/C)c1cc(C)ccc1NCC(O)CSc1ccccc1. The van der Waals surface area contributed by atoms with Crippen LogP contribution in [0.3, 0.4) is 0 Å². The molecule has 142 valence electrons. The van der Waals surface area contributed by atoms with Crippen molar-refractivity contribution in [2.45, 2.75) is 24.8 Å². The van der Waals surface area contributed by atoms with E-state index in [1.807, 2.05) is 49.4 Å². The molecule has 0 aliphatic carbocycles. The van der Waals surface area contributed by atoms with Gasteiger partial charge in [0.05, 0.1) is 6.10 Å². The van der Waals surface area contributed by atoms with Crippen molar-refractivity contribution in [3.05, 3.63) is 88.9 Å². The molecule has 0 radical (unpaired) electrons. The molecule has 2 N–H and O–H groups in total. The second kappa shape index (κ2) is 11.2. The van der Waals surface area contributed by atoms with Gasteiger partial charge in [-0.05, 0) is 49.8 Å². The van der Waals surface area contributed by atoms with Crippen molar-refractivity contribution in [2.75, 3.05) is 17.6 Å². The lowest BCUT2D eigenvalue weighted by Gasteiger charge is -2.16. The van der Waals surface area contributed by atoms with Crippen LogP contribution in [0.1, 0.15) is 18.1 Å². The second-order valence-electron chi connectivity index (χ2n) is 6.26. The molecule has 0 amide bonds. The number of anilines is 1. The van der Waals surface area contributed by atoms with Crippen LogP contribution >= 0.6 is 27.7 Å². The third-order valence-electron chi connectivity index (χ3n) is 3.87. The average Bonchev–Trinajstić information content (AvgIpc) is 2.66. The average molecular weight is 444 g/mol. The second-order valence-corrected chi connectivity index (χ2v) is 8.27. The van der Waals surface area contributed by atoms with Gasteiger partial charge in [-0.1, -0.05) is 64.5 Å². The van der Waals surface area contributed by atoms with Crippen LogP contribution in [0.4, 0.5) is 5.69 Å². The van der Waals surface area contributed by atoms with Gasteiger partial charge in [-0.3, -0.25) is 0 Å². The lowest BCUT2D eigenvalue weighted by atomic mass is 10.0. The van der Waals surface area contributed by atoms with Gasteiger partial charge in [-0.15, -0.1) is 11.8 Å². The van der Waals surface area contributed by atoms with Crippen LogP contribution in [-0.2, 0) is 0 Å². The zero-order valence-electron chi connectivity index (χ0n) is 15.8. The summed E-state index contributed by atoms with van der Waals surface area (Å²) in [5.74, 6) is 0.645. The predicted octanol–water partition coefficient (Wildman–Crippen LogP) is 6.43. The van der Waals surface area contributed by atoms with Crippen molar-refractivity contribution in [2.24, 2.45) is 0 Å². The topological polar surface area (TPSA) is 32.3 Å². The number of hydrogen-bond donors (Lipinski definition) is 2. The molecule has 0 fully saturated rings. The summed E-state index contributed by atoms with van der Waals surface area (Å²) in [6, 6.07) is 16.4. The molecule has 0 aliphatic rings. The number of hydrogen-bond acceptors (Lipinski definition) is 3. The minimum absolute atomic E-state index is 0.442. The van der Waals surface area contributed by atoms with Gasteiger partial charge in [0.25, 0.3) is 0 Å². The Bertz CT molecular complexity index is 814. The van der Waals surface area contributed by atoms with Crippen molar-refractivity contribution >= 4 is 39.0 Å². The first-order valence-electron chi connectivity index (χ1n) is 8.89. The van der Waals surface area contributed by atoms with Crippen molar-refractivity contribution in [1.29, 1.82) is 0 Å². The van der Waals surface area contributed by atoms with E-state index < -0.39 is 6.10 Å². The molecule has 0 heterocycles. The summed E-state index contributed by atoms with van der Waals surface area (Å²) in [4.78, 5) is 1.17. The molecule has 4 heteroatoms. The van der Waals surface area contributed by atoms with Gasteiger partial charge in [0.15, 0.2) is 0 Å². The normalized spacial score (nSPS) is 13.0. The maximum absolute atomic E-state index is 10.3. The molecule has 2 aromatic rings. The number of nitrogens with one attached hydrogen (secondary N) is 1. The number of allylic oxidation sites excluding steroid dienone is 5. The summed E-state index contributed by atoms with van der Waals surface area (Å²) >= 11 is 5.19. The molecule has 0 saturated heterocycles. The first kappa shape index (κ1) is 21.5. The smallest absolute Gasteiger partial charge is 0.0806 e. The molecule has 0 saturated carbocycles. The van der Waals surface area contributed by atoms with Crippen LogP contribution in [0.25, 0.3) is 5.57 Å². The van der Waals surface area contributed by atoms with Crippen LogP contribution < -0.4 is 5.32 Å². The molecule has 0 spiro atoms. The number of benzene rings is 2. The minimum atomic E-state index is -0.442. The van der Waals surface area contributed by atoms with E-state index in [9.17, 15) is 5.11 Å². The first-order chi connectivity index (χ1) is 13.0. The maximum atomic E-state index is 10.3. The molecular weight excluding hydrogens is 418 g/mol. The standard InChI is InChI=1S/C23H26BrNOS/c1-4-8-19(24)14-18(3)22-13-17(2)11-12-23(22)25-15-20(26)16-27-21-9-6-5-7-10-21/h4-14,20,25-26H,3,15-16H2,1-2H3/b8-4-,19-14+. The van der Waals surface area contributed by atoms with Crippen LogP contribution in [0.2, 0.25) is 0 Å². The Hall–Kier alpha value is -1.75. The molecular formula is C23H26BrNOS. The van der Waals surface area contributed by atoms with E-state index in [0.717, 1.165) is 21.3 Å². The van der Waals surface area contributed by atoms with Gasteiger partial charge < -0.3 is 10.4 Å². The van der Waals surface area contributed by atoms with Gasteiger partial charge in [0.1, 0.15) is 0 Å². The van der Waals surface area contributed by atoms with Crippen LogP contribution in [0, 0.1) is 6.92 Å². The number of aryl methyl sites for hydroxylation is 1. The third-order valence-corrected chi connectivity index (χ3v) is 5.52. The minimum Gasteiger partial charge on any atom is -0.390 e. The number of halogens is 1. The van der Waals surface area contributed by atoms with E-state index in [2.05, 4.69) is 59.0 Å². The highest BCUT2D eigenvalue weighted by Gasteiger charge is 2.09. The van der Waals surface area contributed by atoms with Gasteiger partial charge in [-0.2, -0.15) is 0 Å². The largest absolute Gasteiger partial charge is 0.390 e. The zero-order valence-corrected chi connectivity index (χ0v) is 18.2. The predicted molar refractivity (Wildman–Crippen MR) is 124 cm³/mol. The molecule has 2 rings (SSSR count).